The van der Waals surface area contributed by atoms with Crippen LogP contribution >= 0.6 is 0 Å². The number of nitrogens with zero attached hydrogens (tertiary/aromatic N) is 1. The summed E-state index contributed by atoms with van der Waals surface area (Å²) in [5.41, 5.74) is 2.11. The monoisotopic (exact) mass is 243 g/mol. The molecule has 1 atom stereocenters. The van der Waals surface area contributed by atoms with Crippen LogP contribution in [0.15, 0.2) is 0 Å². The Hall–Kier alpha value is -2.06. The number of hydrogen-bond acceptors (Lipinski definition) is 4. The molecule has 0 spiro atoms. The second kappa shape index (κ2) is 4.00. The van der Waals surface area contributed by atoms with Crippen molar-refractivity contribution in [3.8, 4) is 6.07 Å². The van der Waals surface area contributed by atoms with Crippen LogP contribution in [0.1, 0.15) is 30.0 Å². The number of nitriles is 1. The van der Waals surface area contributed by atoms with Crippen molar-refractivity contribution in [3.05, 3.63) is 21.8 Å². The number of H-pyrrole nitrogens is 1. The predicted octanol–water partition coefficient (Wildman–Crippen LogP) is -0.573. The molecule has 2 N–H and O–H groups in total. The highest BCUT2D eigenvalue weighted by molar-refractivity contribution is 6.00. The topological polar surface area (TPSA) is 77.9 Å². The number of carbonyl (C=O) groups is 1. The lowest BCUT2D eigenvalue weighted by Gasteiger charge is -2.17. The van der Waals surface area contributed by atoms with Crippen LogP contribution in [0.3, 0.4) is 0 Å². The summed E-state index contributed by atoms with van der Waals surface area (Å²) in [6.45, 7) is 0. The zero-order valence-electron chi connectivity index (χ0n) is 9.99. The third kappa shape index (κ3) is 1.46. The molecule has 1 aromatic heterocycles. The molecule has 3 rings (SSSR count). The Morgan fingerprint density at radius 3 is 2.89 bits per heavy atom. The molecule has 1 aliphatic carbocycles. The summed E-state index contributed by atoms with van der Waals surface area (Å²) in [5.74, 6) is 0.438. The molecule has 0 amide bonds. The van der Waals surface area contributed by atoms with Crippen molar-refractivity contribution in [2.24, 2.45) is 0 Å². The van der Waals surface area contributed by atoms with Gasteiger partial charge in [-0.15, -0.1) is 0 Å². The molecule has 0 radical (unpaired) electrons. The lowest BCUT2D eigenvalue weighted by atomic mass is 10.1. The van der Waals surface area contributed by atoms with E-state index in [1.807, 2.05) is 0 Å². The molecule has 18 heavy (non-hydrogen) atoms. The number of aromatic nitrogens is 1. The first-order valence-corrected chi connectivity index (χ1v) is 5.90. The van der Waals surface area contributed by atoms with Gasteiger partial charge in [0, 0.05) is 30.1 Å². The first-order valence-electron chi connectivity index (χ1n) is 5.90. The van der Waals surface area contributed by atoms with Crippen LogP contribution in [0.5, 0.6) is 0 Å². The third-order valence-corrected chi connectivity index (χ3v) is 3.48. The Labute approximate surface area is 104 Å². The lowest BCUT2D eigenvalue weighted by molar-refractivity contribution is -0.104. The molecule has 5 nitrogen and oxygen atoms in total. The van der Waals surface area contributed by atoms with Crippen molar-refractivity contribution < 1.29 is 9.53 Å². The van der Waals surface area contributed by atoms with Crippen molar-refractivity contribution in [2.45, 2.75) is 25.0 Å². The van der Waals surface area contributed by atoms with Crippen LogP contribution in [0.4, 0.5) is 0 Å². The molecule has 0 saturated heterocycles. The minimum atomic E-state index is -0.452. The number of fused-ring (bicyclic) bond motifs is 1. The maximum absolute atomic E-state index is 11.2. The van der Waals surface area contributed by atoms with E-state index in [-0.39, 0.29) is 0 Å². The van der Waals surface area contributed by atoms with Crippen molar-refractivity contribution >= 4 is 18.1 Å². The first-order chi connectivity index (χ1) is 8.80. The van der Waals surface area contributed by atoms with Gasteiger partial charge in [-0.3, -0.25) is 4.79 Å². The van der Waals surface area contributed by atoms with Gasteiger partial charge in [0.15, 0.2) is 12.5 Å². The van der Waals surface area contributed by atoms with E-state index in [1.165, 1.54) is 7.11 Å². The molecule has 0 bridgehead atoms. The van der Waals surface area contributed by atoms with Gasteiger partial charge in [-0.25, -0.2) is 0 Å². The van der Waals surface area contributed by atoms with E-state index in [9.17, 15) is 10.1 Å². The fourth-order valence-corrected chi connectivity index (χ4v) is 2.40. The average Bonchev–Trinajstić information content (AvgIpc) is 3.18. The Balaban J connectivity index is 2.32. The van der Waals surface area contributed by atoms with E-state index in [0.717, 1.165) is 30.0 Å². The molecule has 1 aliphatic heterocycles. The van der Waals surface area contributed by atoms with Gasteiger partial charge in [0.2, 0.25) is 0 Å². The van der Waals surface area contributed by atoms with E-state index in [1.54, 1.807) is 6.20 Å². The van der Waals surface area contributed by atoms with Gasteiger partial charge in [-0.2, -0.15) is 5.26 Å². The molecular weight excluding hydrogens is 230 g/mol. The average molecular weight is 243 g/mol. The van der Waals surface area contributed by atoms with Gasteiger partial charge in [-0.1, -0.05) is 0 Å². The first kappa shape index (κ1) is 11.1. The fourth-order valence-electron chi connectivity index (χ4n) is 2.40. The summed E-state index contributed by atoms with van der Waals surface area (Å²) in [7, 11) is 1.54. The number of aldehydes is 1. The van der Waals surface area contributed by atoms with Gasteiger partial charge in [0.25, 0.3) is 0 Å². The minimum Gasteiger partial charge on any atom is -0.362 e. The van der Waals surface area contributed by atoms with Crippen molar-refractivity contribution in [1.29, 1.82) is 5.26 Å². The van der Waals surface area contributed by atoms with Gasteiger partial charge < -0.3 is 15.0 Å². The van der Waals surface area contributed by atoms with Gasteiger partial charge in [0.05, 0.1) is 16.5 Å². The van der Waals surface area contributed by atoms with E-state index in [4.69, 9.17) is 4.74 Å². The fraction of sp³-hybridized carbons (Fsp3) is 0.385. The normalized spacial score (nSPS) is 21.6. The second-order valence-corrected chi connectivity index (χ2v) is 4.59. The van der Waals surface area contributed by atoms with E-state index < -0.39 is 6.23 Å². The Bertz CT molecular complexity index is 662. The molecule has 2 aliphatic rings. The van der Waals surface area contributed by atoms with Gasteiger partial charge >= 0.3 is 0 Å². The van der Waals surface area contributed by atoms with Crippen LogP contribution < -0.4 is 15.9 Å². The summed E-state index contributed by atoms with van der Waals surface area (Å²) in [4.78, 5) is 14.5. The van der Waals surface area contributed by atoms with Gasteiger partial charge in [-0.05, 0) is 12.8 Å². The second-order valence-electron chi connectivity index (χ2n) is 4.59. The van der Waals surface area contributed by atoms with Crippen molar-refractivity contribution in [2.75, 3.05) is 7.11 Å². The highest BCUT2D eigenvalue weighted by atomic mass is 16.5. The highest BCUT2D eigenvalue weighted by Crippen LogP contribution is 2.39. The molecule has 5 heteroatoms. The van der Waals surface area contributed by atoms with E-state index in [0.29, 0.717) is 22.4 Å². The number of methoxy groups -OCH3 is 1. The summed E-state index contributed by atoms with van der Waals surface area (Å²) in [5, 5.41) is 13.8. The number of aromatic amines is 1. The smallest absolute Gasteiger partial charge is 0.158 e. The van der Waals surface area contributed by atoms with Crippen LogP contribution in [-0.4, -0.2) is 24.6 Å². The molecular formula is C13H13N3O2. The van der Waals surface area contributed by atoms with Crippen molar-refractivity contribution in [3.63, 3.8) is 0 Å². The SMILES string of the molecule is COC1NC=c2c(C#N)c(C3CC3)[nH]c2=C1C=O. The Morgan fingerprint density at radius 1 is 1.56 bits per heavy atom. The third-order valence-electron chi connectivity index (χ3n) is 3.48. The zero-order chi connectivity index (χ0) is 12.7. The van der Waals surface area contributed by atoms with Crippen LogP contribution in [0.25, 0.3) is 11.8 Å². The predicted molar refractivity (Wildman–Crippen MR) is 64.6 cm³/mol. The van der Waals surface area contributed by atoms with E-state index >= 15 is 0 Å². The van der Waals surface area contributed by atoms with E-state index in [2.05, 4.69) is 16.4 Å². The van der Waals surface area contributed by atoms with Gasteiger partial charge in [0.1, 0.15) is 6.07 Å². The number of ether oxygens (including phenoxy) is 1. The standard InChI is InChI=1S/C13H13N3O2/c1-18-13-10(6-17)12-9(5-15-13)8(4-14)11(16-12)7-2-3-7/h5-7,13,15-16H,2-3H2,1H3. The largest absolute Gasteiger partial charge is 0.362 e. The summed E-state index contributed by atoms with van der Waals surface area (Å²) >= 11 is 0. The van der Waals surface area contributed by atoms with Crippen LogP contribution in [0, 0.1) is 11.3 Å². The Morgan fingerprint density at radius 2 is 2.33 bits per heavy atom. The molecule has 92 valence electrons. The molecule has 1 unspecified atom stereocenters. The molecule has 2 heterocycles. The summed E-state index contributed by atoms with van der Waals surface area (Å²) in [6.07, 6.45) is 4.28. The Kier molecular flexibility index (Phi) is 2.46. The number of rotatable bonds is 3. The molecule has 1 aromatic rings. The maximum atomic E-state index is 11.2. The molecule has 1 fully saturated rings. The quantitative estimate of drug-likeness (QED) is 0.697. The number of carbonyl (C=O) groups excluding carboxylic acids is 1. The zero-order valence-corrected chi connectivity index (χ0v) is 9.99. The minimum absolute atomic E-state index is 0.438. The number of hydrogen-bond donors (Lipinski definition) is 2. The number of nitrogens with one attached hydrogen (secondary N) is 2. The maximum Gasteiger partial charge on any atom is 0.158 e. The van der Waals surface area contributed by atoms with Crippen LogP contribution in [-0.2, 0) is 9.53 Å². The van der Waals surface area contributed by atoms with Crippen LogP contribution in [0.2, 0.25) is 0 Å². The molecule has 0 aromatic carbocycles. The van der Waals surface area contributed by atoms with Crippen molar-refractivity contribution in [1.82, 2.24) is 10.3 Å². The summed E-state index contributed by atoms with van der Waals surface area (Å²) < 4.78 is 5.20. The molecule has 1 saturated carbocycles. The lowest BCUT2D eigenvalue weighted by Crippen LogP contribution is -2.44. The highest BCUT2D eigenvalue weighted by Gasteiger charge is 2.30. The summed E-state index contributed by atoms with van der Waals surface area (Å²) in [6, 6.07) is 2.23.